The Kier molecular flexibility index (Phi) is 8.14. The fourth-order valence-electron chi connectivity index (χ4n) is 4.27. The number of hydrogen-bond donors (Lipinski definition) is 1. The molecular formula is C25H32O7. The monoisotopic (exact) mass is 444 g/mol. The first-order chi connectivity index (χ1) is 15.3. The van der Waals surface area contributed by atoms with Crippen molar-refractivity contribution in [1.29, 1.82) is 0 Å². The van der Waals surface area contributed by atoms with E-state index in [1.165, 1.54) is 40.6 Å². The van der Waals surface area contributed by atoms with Crippen LogP contribution in [0, 0.1) is 5.41 Å². The Morgan fingerprint density at radius 1 is 0.969 bits per heavy atom. The van der Waals surface area contributed by atoms with Crippen LogP contribution < -0.4 is 14.2 Å². The average molecular weight is 445 g/mol. The maximum atomic E-state index is 13.5. The van der Waals surface area contributed by atoms with Crippen LogP contribution in [0.4, 0.5) is 0 Å². The quantitative estimate of drug-likeness (QED) is 0.409. The van der Waals surface area contributed by atoms with Gasteiger partial charge in [-0.1, -0.05) is 20.8 Å². The molecule has 1 aromatic carbocycles. The van der Waals surface area contributed by atoms with Gasteiger partial charge in [-0.3, -0.25) is 9.59 Å². The van der Waals surface area contributed by atoms with Crippen molar-refractivity contribution in [2.24, 2.45) is 5.41 Å². The van der Waals surface area contributed by atoms with Crippen molar-refractivity contribution in [2.75, 3.05) is 28.4 Å². The molecule has 0 amide bonds. The molecule has 0 saturated heterocycles. The lowest BCUT2D eigenvalue weighted by Gasteiger charge is -2.37. The number of aliphatic hydroxyl groups is 1. The van der Waals surface area contributed by atoms with Gasteiger partial charge in [0.2, 0.25) is 5.75 Å². The molecule has 1 aliphatic rings. The third kappa shape index (κ3) is 3.99. The van der Waals surface area contributed by atoms with E-state index in [0.29, 0.717) is 53.4 Å². The van der Waals surface area contributed by atoms with Crippen LogP contribution in [0.25, 0.3) is 6.08 Å². The average Bonchev–Trinajstić information content (AvgIpc) is 2.81. The largest absolute Gasteiger partial charge is 0.507 e. The van der Waals surface area contributed by atoms with E-state index >= 15 is 0 Å². The minimum Gasteiger partial charge on any atom is -0.507 e. The smallest absolute Gasteiger partial charge is 0.203 e. The van der Waals surface area contributed by atoms with E-state index in [1.807, 2.05) is 20.8 Å². The summed E-state index contributed by atoms with van der Waals surface area (Å²) in [5, 5.41) is 10.8. The maximum absolute atomic E-state index is 13.5. The number of methoxy groups -OCH3 is 4. The van der Waals surface area contributed by atoms with Crippen LogP contribution >= 0.6 is 0 Å². The summed E-state index contributed by atoms with van der Waals surface area (Å²) in [5.74, 6) is 0.361. The van der Waals surface area contributed by atoms with E-state index in [1.54, 1.807) is 12.1 Å². The lowest BCUT2D eigenvalue weighted by Crippen LogP contribution is -2.40. The number of carbonyl (C=O) groups excluding carboxylic acids is 2. The van der Waals surface area contributed by atoms with Crippen molar-refractivity contribution in [2.45, 2.75) is 40.0 Å². The fourth-order valence-corrected chi connectivity index (χ4v) is 4.27. The molecule has 0 aromatic heterocycles. The number of rotatable bonds is 10. The molecule has 0 spiro atoms. The van der Waals surface area contributed by atoms with Gasteiger partial charge < -0.3 is 24.1 Å². The van der Waals surface area contributed by atoms with Crippen molar-refractivity contribution < 1.29 is 33.6 Å². The van der Waals surface area contributed by atoms with Crippen molar-refractivity contribution in [3.63, 3.8) is 0 Å². The second kappa shape index (κ2) is 10.4. The van der Waals surface area contributed by atoms with Crippen molar-refractivity contribution >= 4 is 17.6 Å². The molecule has 7 nitrogen and oxygen atoms in total. The van der Waals surface area contributed by atoms with E-state index in [0.717, 1.165) is 0 Å². The molecule has 7 heteroatoms. The Bertz CT molecular complexity index is 978. The number of ketones is 2. The minimum absolute atomic E-state index is 0.220. The molecule has 1 aliphatic carbocycles. The Balaban J connectivity index is 2.59. The number of hydrogen-bond acceptors (Lipinski definition) is 7. The third-order valence-electron chi connectivity index (χ3n) is 6.05. The zero-order chi connectivity index (χ0) is 24.1. The molecule has 1 N–H and O–H groups in total. The zero-order valence-corrected chi connectivity index (χ0v) is 19.8. The Morgan fingerprint density at radius 2 is 1.59 bits per heavy atom. The molecule has 0 bridgehead atoms. The summed E-state index contributed by atoms with van der Waals surface area (Å²) in [4.78, 5) is 26.6. The van der Waals surface area contributed by atoms with Crippen molar-refractivity contribution in [3.05, 3.63) is 46.4 Å². The number of Topliss-reactive ketones (excluding diaryl/α,β-unsaturated/α-hetero) is 1. The van der Waals surface area contributed by atoms with Gasteiger partial charge >= 0.3 is 0 Å². The summed E-state index contributed by atoms with van der Waals surface area (Å²) in [6.07, 6.45) is 4.11. The molecule has 0 aliphatic heterocycles. The SMILES string of the molecule is CCC1=C(OC)C(CC)(CC)C(=O)C(C(=O)/C=C/c2ccc(OC)c(OC)c2OC)=C1O. The molecule has 1 aromatic rings. The van der Waals surface area contributed by atoms with E-state index in [9.17, 15) is 14.7 Å². The van der Waals surface area contributed by atoms with E-state index < -0.39 is 17.0 Å². The van der Waals surface area contributed by atoms with Crippen LogP contribution in [0.15, 0.2) is 40.9 Å². The van der Waals surface area contributed by atoms with Gasteiger partial charge in [-0.15, -0.1) is 0 Å². The minimum atomic E-state index is -0.980. The van der Waals surface area contributed by atoms with Crippen molar-refractivity contribution in [3.8, 4) is 17.2 Å². The second-order valence-electron chi connectivity index (χ2n) is 7.33. The van der Waals surface area contributed by atoms with Gasteiger partial charge in [-0.2, -0.15) is 0 Å². The standard InChI is InChI=1S/C25H32O7/c1-8-16-20(27)19(23(28)25(9-2,10-3)24(16)32-7)17(26)13-11-15-12-14-18(29-4)22(31-6)21(15)30-5/h11-14,27H,8-10H2,1-7H3/b13-11+. The number of allylic oxidation sites excluding steroid dienone is 4. The van der Waals surface area contributed by atoms with Gasteiger partial charge in [0.05, 0.1) is 33.9 Å². The molecule has 0 radical (unpaired) electrons. The lowest BCUT2D eigenvalue weighted by atomic mass is 9.68. The highest BCUT2D eigenvalue weighted by atomic mass is 16.5. The molecule has 0 atom stereocenters. The topological polar surface area (TPSA) is 91.3 Å². The van der Waals surface area contributed by atoms with E-state index in [4.69, 9.17) is 18.9 Å². The number of aliphatic hydroxyl groups excluding tert-OH is 1. The molecular weight excluding hydrogens is 412 g/mol. The van der Waals surface area contributed by atoms with Crippen LogP contribution in [-0.2, 0) is 14.3 Å². The van der Waals surface area contributed by atoms with Gasteiger partial charge in [0.25, 0.3) is 0 Å². The van der Waals surface area contributed by atoms with E-state index in [2.05, 4.69) is 0 Å². The molecule has 2 rings (SSSR count). The lowest BCUT2D eigenvalue weighted by molar-refractivity contribution is -0.128. The summed E-state index contributed by atoms with van der Waals surface area (Å²) in [5.41, 5.74) is -0.159. The molecule has 174 valence electrons. The summed E-state index contributed by atoms with van der Waals surface area (Å²) in [7, 11) is 5.98. The first kappa shape index (κ1) is 25.0. The molecule has 0 saturated carbocycles. The summed E-state index contributed by atoms with van der Waals surface area (Å²) < 4.78 is 21.7. The second-order valence-corrected chi connectivity index (χ2v) is 7.33. The molecule has 0 fully saturated rings. The first-order valence-electron chi connectivity index (χ1n) is 10.6. The summed E-state index contributed by atoms with van der Waals surface area (Å²) >= 11 is 0. The molecule has 0 unspecified atom stereocenters. The number of carbonyl (C=O) groups is 2. The van der Waals surface area contributed by atoms with Crippen LogP contribution in [-0.4, -0.2) is 45.1 Å². The fraction of sp³-hybridized carbons (Fsp3) is 0.440. The normalized spacial score (nSPS) is 15.9. The Hall–Kier alpha value is -3.22. The summed E-state index contributed by atoms with van der Waals surface area (Å²) in [6.45, 7) is 5.61. The van der Waals surface area contributed by atoms with Gasteiger partial charge in [-0.25, -0.2) is 0 Å². The molecule has 32 heavy (non-hydrogen) atoms. The van der Waals surface area contributed by atoms with Crippen LogP contribution in [0.1, 0.15) is 45.6 Å². The van der Waals surface area contributed by atoms with Gasteiger partial charge in [0.1, 0.15) is 17.1 Å². The Morgan fingerprint density at radius 3 is 2.06 bits per heavy atom. The van der Waals surface area contributed by atoms with E-state index in [-0.39, 0.29) is 11.3 Å². The van der Waals surface area contributed by atoms with Gasteiger partial charge in [0, 0.05) is 11.1 Å². The predicted molar refractivity (Wildman–Crippen MR) is 122 cm³/mol. The molecule has 0 heterocycles. The summed E-state index contributed by atoms with van der Waals surface area (Å²) in [6, 6.07) is 3.40. The van der Waals surface area contributed by atoms with Crippen LogP contribution in [0.3, 0.4) is 0 Å². The zero-order valence-electron chi connectivity index (χ0n) is 19.8. The highest BCUT2D eigenvalue weighted by molar-refractivity contribution is 6.28. The van der Waals surface area contributed by atoms with Crippen LogP contribution in [0.2, 0.25) is 0 Å². The maximum Gasteiger partial charge on any atom is 0.203 e. The first-order valence-corrected chi connectivity index (χ1v) is 10.6. The Labute approximate surface area is 189 Å². The number of ether oxygens (including phenoxy) is 4. The third-order valence-corrected chi connectivity index (χ3v) is 6.05. The predicted octanol–water partition coefficient (Wildman–Crippen LogP) is 4.81. The van der Waals surface area contributed by atoms with Gasteiger partial charge in [0.15, 0.2) is 23.1 Å². The highest BCUT2D eigenvalue weighted by Crippen LogP contribution is 2.47. The highest BCUT2D eigenvalue weighted by Gasteiger charge is 2.49. The van der Waals surface area contributed by atoms with Gasteiger partial charge in [-0.05, 0) is 43.5 Å². The van der Waals surface area contributed by atoms with Crippen molar-refractivity contribution in [1.82, 2.24) is 0 Å². The van der Waals surface area contributed by atoms with Crippen LogP contribution in [0.5, 0.6) is 17.2 Å². The number of benzene rings is 1.